The van der Waals surface area contributed by atoms with Gasteiger partial charge in [-0.1, -0.05) is 45.5 Å². The minimum absolute atomic E-state index is 0.231. The Kier molecular flexibility index (Phi) is 3.76. The van der Waals surface area contributed by atoms with E-state index in [-0.39, 0.29) is 6.04 Å². The molecule has 1 N–H and O–H groups in total. The summed E-state index contributed by atoms with van der Waals surface area (Å²) < 4.78 is 2.33. The number of halogens is 1. The van der Waals surface area contributed by atoms with Crippen molar-refractivity contribution in [1.82, 2.24) is 4.98 Å². The third-order valence-electron chi connectivity index (χ3n) is 3.23. The Morgan fingerprint density at radius 1 is 1.20 bits per heavy atom. The van der Waals surface area contributed by atoms with Crippen LogP contribution >= 0.6 is 27.3 Å². The predicted octanol–water partition coefficient (Wildman–Crippen LogP) is 5.54. The van der Waals surface area contributed by atoms with Gasteiger partial charge in [-0.15, -0.1) is 0 Å². The van der Waals surface area contributed by atoms with Crippen LogP contribution in [0.2, 0.25) is 0 Å². The van der Waals surface area contributed by atoms with Crippen molar-refractivity contribution in [3.8, 4) is 0 Å². The first kappa shape index (κ1) is 13.6. The topological polar surface area (TPSA) is 24.9 Å². The van der Waals surface area contributed by atoms with E-state index >= 15 is 0 Å². The Bertz CT molecular complexity index is 751. The van der Waals surface area contributed by atoms with Crippen LogP contribution in [0.5, 0.6) is 0 Å². The summed E-state index contributed by atoms with van der Waals surface area (Å²) in [5.74, 6) is 0. The van der Waals surface area contributed by atoms with E-state index in [1.54, 1.807) is 11.3 Å². The number of aryl methyl sites for hydroxylation is 1. The molecule has 0 radical (unpaired) electrons. The Morgan fingerprint density at radius 3 is 2.85 bits per heavy atom. The molecule has 0 amide bonds. The Hall–Kier alpha value is -1.39. The van der Waals surface area contributed by atoms with Gasteiger partial charge >= 0.3 is 0 Å². The molecule has 1 aromatic heterocycles. The van der Waals surface area contributed by atoms with Gasteiger partial charge in [0.05, 0.1) is 16.3 Å². The molecule has 0 aliphatic carbocycles. The van der Waals surface area contributed by atoms with Gasteiger partial charge in [-0.2, -0.15) is 0 Å². The van der Waals surface area contributed by atoms with Crippen molar-refractivity contribution in [2.45, 2.75) is 19.9 Å². The number of nitrogens with zero attached hydrogens (tertiary/aromatic N) is 1. The molecule has 1 atom stereocenters. The molecule has 3 aromatic rings. The maximum absolute atomic E-state index is 4.64. The average molecular weight is 347 g/mol. The average Bonchev–Trinajstić information content (AvgIpc) is 2.80. The fourth-order valence-electron chi connectivity index (χ4n) is 2.14. The van der Waals surface area contributed by atoms with Gasteiger partial charge in [-0.05, 0) is 49.2 Å². The van der Waals surface area contributed by atoms with Gasteiger partial charge in [-0.25, -0.2) is 4.98 Å². The first-order chi connectivity index (χ1) is 9.61. The number of hydrogen-bond donors (Lipinski definition) is 1. The molecular formula is C16H15BrN2S. The highest BCUT2D eigenvalue weighted by Gasteiger charge is 2.09. The van der Waals surface area contributed by atoms with Gasteiger partial charge < -0.3 is 5.32 Å². The summed E-state index contributed by atoms with van der Waals surface area (Å²) >= 11 is 5.22. The minimum atomic E-state index is 0.231. The van der Waals surface area contributed by atoms with Crippen LogP contribution in [0.3, 0.4) is 0 Å². The lowest BCUT2D eigenvalue weighted by Gasteiger charge is -2.13. The summed E-state index contributed by atoms with van der Waals surface area (Å²) in [6.45, 7) is 4.26. The summed E-state index contributed by atoms with van der Waals surface area (Å²) in [7, 11) is 0. The molecular weight excluding hydrogens is 332 g/mol. The lowest BCUT2D eigenvalue weighted by Crippen LogP contribution is -2.05. The maximum atomic E-state index is 4.64. The van der Waals surface area contributed by atoms with Crippen LogP contribution in [0.25, 0.3) is 10.2 Å². The third kappa shape index (κ3) is 2.86. The van der Waals surface area contributed by atoms with E-state index in [1.807, 2.05) is 6.07 Å². The standard InChI is InChI=1S/C16H15BrN2S/c1-10-6-7-14-15(8-10)20-16(19-14)18-11(2)12-4-3-5-13(17)9-12/h3-9,11H,1-2H3,(H,18,19). The van der Waals surface area contributed by atoms with Crippen LogP contribution in [0.15, 0.2) is 46.9 Å². The molecule has 0 fully saturated rings. The van der Waals surface area contributed by atoms with E-state index in [0.29, 0.717) is 0 Å². The first-order valence-corrected chi connectivity index (χ1v) is 8.12. The second kappa shape index (κ2) is 5.54. The summed E-state index contributed by atoms with van der Waals surface area (Å²) in [6, 6.07) is 14.9. The van der Waals surface area contributed by atoms with Crippen molar-refractivity contribution < 1.29 is 0 Å². The number of aromatic nitrogens is 1. The van der Waals surface area contributed by atoms with Crippen LogP contribution in [0.4, 0.5) is 5.13 Å². The molecule has 1 unspecified atom stereocenters. The second-order valence-corrected chi connectivity index (χ2v) is 6.86. The molecule has 0 aliphatic heterocycles. The Balaban J connectivity index is 1.85. The molecule has 102 valence electrons. The van der Waals surface area contributed by atoms with Gasteiger partial charge in [0.1, 0.15) is 0 Å². The lowest BCUT2D eigenvalue weighted by molar-refractivity contribution is 0.881. The molecule has 3 rings (SSSR count). The quantitative estimate of drug-likeness (QED) is 0.673. The molecule has 0 aliphatic rings. The van der Waals surface area contributed by atoms with E-state index in [0.717, 1.165) is 15.1 Å². The van der Waals surface area contributed by atoms with Crippen molar-refractivity contribution in [3.63, 3.8) is 0 Å². The van der Waals surface area contributed by atoms with Crippen LogP contribution in [0, 0.1) is 6.92 Å². The van der Waals surface area contributed by atoms with Gasteiger partial charge in [0.15, 0.2) is 5.13 Å². The van der Waals surface area contributed by atoms with E-state index in [1.165, 1.54) is 15.8 Å². The molecule has 20 heavy (non-hydrogen) atoms. The summed E-state index contributed by atoms with van der Waals surface area (Å²) in [5, 5.41) is 4.45. The zero-order valence-corrected chi connectivity index (χ0v) is 13.8. The van der Waals surface area contributed by atoms with E-state index in [4.69, 9.17) is 0 Å². The molecule has 4 heteroatoms. The Morgan fingerprint density at radius 2 is 2.05 bits per heavy atom. The van der Waals surface area contributed by atoms with Crippen LogP contribution in [0.1, 0.15) is 24.1 Å². The molecule has 0 saturated heterocycles. The monoisotopic (exact) mass is 346 g/mol. The largest absolute Gasteiger partial charge is 0.355 e. The fraction of sp³-hybridized carbons (Fsp3) is 0.188. The van der Waals surface area contributed by atoms with Crippen molar-refractivity contribution in [2.75, 3.05) is 5.32 Å². The Labute approximate surface area is 131 Å². The van der Waals surface area contributed by atoms with Crippen molar-refractivity contribution in [2.24, 2.45) is 0 Å². The van der Waals surface area contributed by atoms with Crippen molar-refractivity contribution in [3.05, 3.63) is 58.1 Å². The molecule has 0 bridgehead atoms. The molecule has 1 heterocycles. The maximum Gasteiger partial charge on any atom is 0.184 e. The number of hydrogen-bond acceptors (Lipinski definition) is 3. The molecule has 2 aromatic carbocycles. The highest BCUT2D eigenvalue weighted by Crippen LogP contribution is 2.29. The number of thiazole rings is 1. The predicted molar refractivity (Wildman–Crippen MR) is 90.5 cm³/mol. The van der Waals surface area contributed by atoms with Crippen molar-refractivity contribution >= 4 is 42.6 Å². The summed E-state index contributed by atoms with van der Waals surface area (Å²) in [6.07, 6.45) is 0. The van der Waals surface area contributed by atoms with Gasteiger partial charge in [0.2, 0.25) is 0 Å². The van der Waals surface area contributed by atoms with Crippen LogP contribution in [-0.2, 0) is 0 Å². The highest BCUT2D eigenvalue weighted by atomic mass is 79.9. The van der Waals surface area contributed by atoms with Crippen LogP contribution < -0.4 is 5.32 Å². The fourth-order valence-corrected chi connectivity index (χ4v) is 3.61. The molecule has 0 saturated carbocycles. The number of benzene rings is 2. The number of fused-ring (bicyclic) bond motifs is 1. The summed E-state index contributed by atoms with van der Waals surface area (Å²) in [5.41, 5.74) is 3.58. The lowest BCUT2D eigenvalue weighted by atomic mass is 10.1. The second-order valence-electron chi connectivity index (χ2n) is 4.91. The van der Waals surface area contributed by atoms with Crippen LogP contribution in [-0.4, -0.2) is 4.98 Å². The SMILES string of the molecule is Cc1ccc2nc(NC(C)c3cccc(Br)c3)sc2c1. The first-order valence-electron chi connectivity index (χ1n) is 6.51. The smallest absolute Gasteiger partial charge is 0.184 e. The van der Waals surface area contributed by atoms with Gasteiger partial charge in [-0.3, -0.25) is 0 Å². The molecule has 0 spiro atoms. The van der Waals surface area contributed by atoms with Gasteiger partial charge in [0.25, 0.3) is 0 Å². The number of rotatable bonds is 3. The van der Waals surface area contributed by atoms with Gasteiger partial charge in [0, 0.05) is 4.47 Å². The number of anilines is 1. The zero-order chi connectivity index (χ0) is 14.1. The normalized spacial score (nSPS) is 12.6. The zero-order valence-electron chi connectivity index (χ0n) is 11.4. The molecule has 2 nitrogen and oxygen atoms in total. The summed E-state index contributed by atoms with van der Waals surface area (Å²) in [4.78, 5) is 4.64. The van der Waals surface area contributed by atoms with E-state index < -0.39 is 0 Å². The van der Waals surface area contributed by atoms with E-state index in [9.17, 15) is 0 Å². The number of nitrogens with one attached hydrogen (secondary N) is 1. The highest BCUT2D eigenvalue weighted by molar-refractivity contribution is 9.10. The van der Waals surface area contributed by atoms with Crippen molar-refractivity contribution in [1.29, 1.82) is 0 Å². The third-order valence-corrected chi connectivity index (χ3v) is 4.68. The van der Waals surface area contributed by atoms with E-state index in [2.05, 4.69) is 76.5 Å². The minimum Gasteiger partial charge on any atom is -0.355 e.